The Hall–Kier alpha value is -2.71. The molecule has 1 aromatic heterocycles. The molecule has 1 saturated carbocycles. The predicted molar refractivity (Wildman–Crippen MR) is 127 cm³/mol. The van der Waals surface area contributed by atoms with E-state index in [0.29, 0.717) is 5.92 Å². The van der Waals surface area contributed by atoms with E-state index in [1.807, 2.05) is 0 Å². The first-order valence-electron chi connectivity index (χ1n) is 11.7. The number of rotatable bonds is 10. The largest absolute Gasteiger partial charge is 0.480 e. The van der Waals surface area contributed by atoms with Gasteiger partial charge in [0.25, 0.3) is 5.91 Å². The number of carbonyl (C=O) groups is 2. The van der Waals surface area contributed by atoms with Crippen LogP contribution in [0.25, 0.3) is 0 Å². The van der Waals surface area contributed by atoms with Crippen LogP contribution >= 0.6 is 11.6 Å². The minimum atomic E-state index is -1.16. The summed E-state index contributed by atoms with van der Waals surface area (Å²) < 4.78 is 19.0. The molecule has 2 heterocycles. The lowest BCUT2D eigenvalue weighted by atomic mass is 9.79. The quantitative estimate of drug-likeness (QED) is 0.461. The number of aromatic nitrogens is 1. The standard InChI is InChI=1S/C25H29ClFN3O4/c26-21-14-17(27)5-8-20(21)24(31)30-22(25(32)33)9-11-34-19-12-15(13-19)3-6-18-7-4-16-2-1-10-28-23(16)29-18/h4-5,7-8,14-15,19,22H,1-3,6,9-13H2,(H,28,29)(H,30,31)(H,32,33). The molecule has 9 heteroatoms. The fraction of sp³-hybridized carbons (Fsp3) is 0.480. The normalized spacial score (nSPS) is 19.9. The maximum absolute atomic E-state index is 13.2. The van der Waals surface area contributed by atoms with Crippen molar-refractivity contribution in [3.05, 3.63) is 58.0 Å². The van der Waals surface area contributed by atoms with E-state index in [4.69, 9.17) is 21.3 Å². The molecule has 3 N–H and O–H groups in total. The number of halogens is 2. The molecule has 1 aromatic carbocycles. The van der Waals surface area contributed by atoms with Gasteiger partial charge >= 0.3 is 5.97 Å². The number of ether oxygens (including phenoxy) is 1. The molecule has 0 radical (unpaired) electrons. The molecule has 0 spiro atoms. The van der Waals surface area contributed by atoms with Crippen LogP contribution in [0.3, 0.4) is 0 Å². The average molecular weight is 490 g/mol. The average Bonchev–Trinajstić information content (AvgIpc) is 2.78. The molecule has 0 saturated heterocycles. The van der Waals surface area contributed by atoms with Crippen molar-refractivity contribution in [3.63, 3.8) is 0 Å². The monoisotopic (exact) mass is 489 g/mol. The summed E-state index contributed by atoms with van der Waals surface area (Å²) in [6.45, 7) is 1.21. The number of anilines is 1. The topological polar surface area (TPSA) is 101 Å². The van der Waals surface area contributed by atoms with Gasteiger partial charge < -0.3 is 20.5 Å². The van der Waals surface area contributed by atoms with Crippen LogP contribution in [0.1, 0.15) is 53.7 Å². The summed E-state index contributed by atoms with van der Waals surface area (Å²) in [4.78, 5) is 28.6. The van der Waals surface area contributed by atoms with E-state index >= 15 is 0 Å². The third kappa shape index (κ3) is 6.24. The fourth-order valence-corrected chi connectivity index (χ4v) is 4.68. The van der Waals surface area contributed by atoms with Gasteiger partial charge in [-0.15, -0.1) is 0 Å². The highest BCUT2D eigenvalue weighted by Crippen LogP contribution is 2.34. The van der Waals surface area contributed by atoms with Crippen molar-refractivity contribution in [3.8, 4) is 0 Å². The van der Waals surface area contributed by atoms with Crippen LogP contribution in [0.5, 0.6) is 0 Å². The molecule has 2 aliphatic rings. The van der Waals surface area contributed by atoms with Crippen molar-refractivity contribution in [1.82, 2.24) is 10.3 Å². The van der Waals surface area contributed by atoms with Crippen LogP contribution in [-0.4, -0.2) is 47.3 Å². The lowest BCUT2D eigenvalue weighted by Crippen LogP contribution is -2.42. The van der Waals surface area contributed by atoms with Crippen LogP contribution in [0.2, 0.25) is 5.02 Å². The Bertz CT molecular complexity index is 1040. The Morgan fingerprint density at radius 3 is 2.88 bits per heavy atom. The molecular formula is C25H29ClFN3O4. The van der Waals surface area contributed by atoms with Gasteiger partial charge in [-0.2, -0.15) is 0 Å². The third-order valence-electron chi connectivity index (χ3n) is 6.49. The summed E-state index contributed by atoms with van der Waals surface area (Å²) in [6, 6.07) is 6.53. The number of pyridine rings is 1. The van der Waals surface area contributed by atoms with Gasteiger partial charge in [-0.25, -0.2) is 14.2 Å². The number of hydrogen-bond donors (Lipinski definition) is 3. The third-order valence-corrected chi connectivity index (χ3v) is 6.80. The van der Waals surface area contributed by atoms with Gasteiger partial charge in [0.15, 0.2) is 0 Å². The molecule has 0 bridgehead atoms. The van der Waals surface area contributed by atoms with Gasteiger partial charge in [0.05, 0.1) is 16.7 Å². The highest BCUT2D eigenvalue weighted by Gasteiger charge is 2.30. The van der Waals surface area contributed by atoms with E-state index < -0.39 is 23.7 Å². The van der Waals surface area contributed by atoms with Crippen molar-refractivity contribution in [2.75, 3.05) is 18.5 Å². The number of aliphatic carboxylic acids is 1. The first kappa shape index (κ1) is 24.4. The Balaban J connectivity index is 1.16. The van der Waals surface area contributed by atoms with Crippen molar-refractivity contribution in [2.45, 2.75) is 57.1 Å². The molecule has 34 heavy (non-hydrogen) atoms. The SMILES string of the molecule is O=C(NC(CCOC1CC(CCc2ccc3c(n2)NCCC3)C1)C(=O)O)c1ccc(F)cc1Cl. The minimum Gasteiger partial charge on any atom is -0.480 e. The van der Waals surface area contributed by atoms with Crippen LogP contribution in [0, 0.1) is 11.7 Å². The van der Waals surface area contributed by atoms with E-state index in [2.05, 4.69) is 22.8 Å². The fourth-order valence-electron chi connectivity index (χ4n) is 4.43. The van der Waals surface area contributed by atoms with Gasteiger partial charge in [0, 0.05) is 25.3 Å². The number of carboxylic acid groups (broad SMARTS) is 1. The van der Waals surface area contributed by atoms with Crippen LogP contribution < -0.4 is 10.6 Å². The summed E-state index contributed by atoms with van der Waals surface area (Å²) in [6.07, 6.45) is 6.36. The van der Waals surface area contributed by atoms with Crippen LogP contribution in [0.4, 0.5) is 10.2 Å². The molecular weight excluding hydrogens is 461 g/mol. The maximum Gasteiger partial charge on any atom is 0.326 e. The first-order valence-corrected chi connectivity index (χ1v) is 12.1. The highest BCUT2D eigenvalue weighted by molar-refractivity contribution is 6.33. The van der Waals surface area contributed by atoms with Gasteiger partial charge in [-0.05, 0) is 74.3 Å². The van der Waals surface area contributed by atoms with E-state index in [1.165, 1.54) is 11.6 Å². The predicted octanol–water partition coefficient (Wildman–Crippen LogP) is 4.23. The van der Waals surface area contributed by atoms with Crippen molar-refractivity contribution in [2.24, 2.45) is 5.92 Å². The minimum absolute atomic E-state index is 0.0290. The zero-order valence-electron chi connectivity index (χ0n) is 18.9. The molecule has 1 atom stereocenters. The van der Waals surface area contributed by atoms with Gasteiger partial charge in [0.1, 0.15) is 17.7 Å². The summed E-state index contributed by atoms with van der Waals surface area (Å²) in [7, 11) is 0. The molecule has 7 nitrogen and oxygen atoms in total. The van der Waals surface area contributed by atoms with Crippen LogP contribution in [0.15, 0.2) is 30.3 Å². The van der Waals surface area contributed by atoms with Gasteiger partial charge in [0.2, 0.25) is 0 Å². The Morgan fingerprint density at radius 1 is 1.29 bits per heavy atom. The second-order valence-corrected chi connectivity index (χ2v) is 9.39. The van der Waals surface area contributed by atoms with Crippen molar-refractivity contribution in [1.29, 1.82) is 0 Å². The van der Waals surface area contributed by atoms with Crippen molar-refractivity contribution < 1.29 is 23.8 Å². The van der Waals surface area contributed by atoms with Crippen LogP contribution in [-0.2, 0) is 22.4 Å². The summed E-state index contributed by atoms with van der Waals surface area (Å²) in [5, 5.41) is 15.2. The van der Waals surface area contributed by atoms with Gasteiger partial charge in [-0.3, -0.25) is 4.79 Å². The lowest BCUT2D eigenvalue weighted by molar-refractivity contribution is -0.140. The molecule has 4 rings (SSSR count). The number of aryl methyl sites for hydroxylation is 2. The summed E-state index contributed by atoms with van der Waals surface area (Å²) in [5.74, 6) is -0.785. The number of amides is 1. The summed E-state index contributed by atoms with van der Waals surface area (Å²) >= 11 is 5.89. The molecule has 1 aliphatic carbocycles. The maximum atomic E-state index is 13.2. The molecule has 2 aromatic rings. The van der Waals surface area contributed by atoms with Gasteiger partial charge in [-0.1, -0.05) is 17.7 Å². The number of carboxylic acids is 1. The summed E-state index contributed by atoms with van der Waals surface area (Å²) in [5.41, 5.74) is 2.43. The Labute approximate surface area is 203 Å². The number of carbonyl (C=O) groups excluding carboxylic acids is 1. The lowest BCUT2D eigenvalue weighted by Gasteiger charge is -2.35. The Kier molecular flexibility index (Phi) is 8.00. The first-order chi connectivity index (χ1) is 16.4. The van der Waals surface area contributed by atoms with E-state index in [9.17, 15) is 19.1 Å². The van der Waals surface area contributed by atoms with E-state index in [0.717, 1.165) is 68.7 Å². The number of nitrogens with zero attached hydrogens (tertiary/aromatic N) is 1. The molecule has 1 unspecified atom stereocenters. The number of benzene rings is 1. The smallest absolute Gasteiger partial charge is 0.326 e. The number of hydrogen-bond acceptors (Lipinski definition) is 5. The van der Waals surface area contributed by atoms with E-state index in [1.54, 1.807) is 0 Å². The zero-order valence-corrected chi connectivity index (χ0v) is 19.6. The number of fused-ring (bicyclic) bond motifs is 1. The molecule has 182 valence electrons. The second-order valence-electron chi connectivity index (χ2n) is 8.99. The molecule has 1 aliphatic heterocycles. The second kappa shape index (κ2) is 11.1. The number of nitrogens with one attached hydrogen (secondary N) is 2. The molecule has 1 fully saturated rings. The highest BCUT2D eigenvalue weighted by atomic mass is 35.5. The van der Waals surface area contributed by atoms with Crippen molar-refractivity contribution >= 4 is 29.3 Å². The zero-order chi connectivity index (χ0) is 24.1. The van der Waals surface area contributed by atoms with E-state index in [-0.39, 0.29) is 29.7 Å². The Morgan fingerprint density at radius 2 is 2.12 bits per heavy atom. The molecule has 1 amide bonds.